The van der Waals surface area contributed by atoms with Gasteiger partial charge < -0.3 is 9.47 Å². The molecule has 0 bridgehead atoms. The third kappa shape index (κ3) is 3.96. The van der Waals surface area contributed by atoms with E-state index < -0.39 is 0 Å². The standard InChI is InChI=1S/C13H16N2O2.C3H6O2/c16-12-15(11-6-2-5-9-14-11)10-13(17-12)7-3-1-4-8-13;1-2-5-3-4/h2,5-6,9H,1,3-4,7-8,10H2;3H,2H2,1H3. The van der Waals surface area contributed by atoms with Crippen molar-refractivity contribution in [2.24, 2.45) is 0 Å². The molecule has 1 aliphatic carbocycles. The Bertz CT molecular complexity index is 486. The molecule has 22 heavy (non-hydrogen) atoms. The minimum Gasteiger partial charge on any atom is -0.468 e. The van der Waals surface area contributed by atoms with Gasteiger partial charge in [-0.1, -0.05) is 12.5 Å². The number of hydrogen-bond acceptors (Lipinski definition) is 5. The van der Waals surface area contributed by atoms with Crippen LogP contribution in [0.2, 0.25) is 0 Å². The van der Waals surface area contributed by atoms with Crippen LogP contribution in [0.15, 0.2) is 24.4 Å². The smallest absolute Gasteiger partial charge is 0.416 e. The Balaban J connectivity index is 0.000000309. The van der Waals surface area contributed by atoms with Gasteiger partial charge in [-0.2, -0.15) is 0 Å². The number of aromatic nitrogens is 1. The average Bonchev–Trinajstić information content (AvgIpc) is 2.86. The second kappa shape index (κ2) is 7.77. The number of carbonyl (C=O) groups excluding carboxylic acids is 2. The first-order valence-corrected chi connectivity index (χ1v) is 7.67. The molecule has 6 nitrogen and oxygen atoms in total. The predicted octanol–water partition coefficient (Wildman–Crippen LogP) is 2.92. The molecule has 1 aromatic heterocycles. The van der Waals surface area contributed by atoms with Crippen LogP contribution < -0.4 is 4.90 Å². The summed E-state index contributed by atoms with van der Waals surface area (Å²) in [5.74, 6) is 0.694. The molecule has 0 aromatic carbocycles. The fraction of sp³-hybridized carbons (Fsp3) is 0.562. The van der Waals surface area contributed by atoms with Crippen LogP contribution in [-0.4, -0.2) is 36.3 Å². The Morgan fingerprint density at radius 1 is 1.36 bits per heavy atom. The molecule has 0 N–H and O–H groups in total. The number of ether oxygens (including phenoxy) is 2. The molecule has 2 fully saturated rings. The third-order valence-corrected chi connectivity index (χ3v) is 3.90. The summed E-state index contributed by atoms with van der Waals surface area (Å²) in [6.07, 6.45) is 7.00. The van der Waals surface area contributed by atoms with Crippen LogP contribution in [0, 0.1) is 0 Å². The molecule has 0 atom stereocenters. The van der Waals surface area contributed by atoms with Crippen molar-refractivity contribution in [3.05, 3.63) is 24.4 Å². The fourth-order valence-corrected chi connectivity index (χ4v) is 2.84. The molecule has 1 amide bonds. The lowest BCUT2D eigenvalue weighted by atomic mass is 9.85. The molecule has 1 saturated heterocycles. The van der Waals surface area contributed by atoms with E-state index in [-0.39, 0.29) is 11.7 Å². The van der Waals surface area contributed by atoms with Crippen molar-refractivity contribution in [2.45, 2.75) is 44.6 Å². The van der Waals surface area contributed by atoms with Crippen LogP contribution in [0.1, 0.15) is 39.0 Å². The summed E-state index contributed by atoms with van der Waals surface area (Å²) in [6.45, 7) is 3.32. The maximum Gasteiger partial charge on any atom is 0.416 e. The van der Waals surface area contributed by atoms with Crippen molar-refractivity contribution >= 4 is 18.4 Å². The zero-order valence-electron chi connectivity index (χ0n) is 12.9. The summed E-state index contributed by atoms with van der Waals surface area (Å²) in [6, 6.07) is 5.59. The normalized spacial score (nSPS) is 19.1. The molecule has 2 heterocycles. The van der Waals surface area contributed by atoms with Gasteiger partial charge in [0.2, 0.25) is 0 Å². The van der Waals surface area contributed by atoms with Gasteiger partial charge in [0.05, 0.1) is 13.2 Å². The molecule has 2 aliphatic rings. The van der Waals surface area contributed by atoms with Crippen LogP contribution in [-0.2, 0) is 14.3 Å². The van der Waals surface area contributed by atoms with E-state index in [4.69, 9.17) is 4.74 Å². The van der Waals surface area contributed by atoms with Crippen molar-refractivity contribution in [3.8, 4) is 0 Å². The number of amides is 1. The number of anilines is 1. The average molecular weight is 306 g/mol. The number of carbonyl (C=O) groups is 2. The van der Waals surface area contributed by atoms with Gasteiger partial charge in [-0.15, -0.1) is 0 Å². The van der Waals surface area contributed by atoms with Gasteiger partial charge in [0.15, 0.2) is 0 Å². The molecule has 120 valence electrons. The number of rotatable bonds is 3. The Kier molecular flexibility index (Phi) is 5.75. The molecule has 0 radical (unpaired) electrons. The molecular weight excluding hydrogens is 284 g/mol. The van der Waals surface area contributed by atoms with Gasteiger partial charge in [-0.3, -0.25) is 9.69 Å². The zero-order chi connectivity index (χ0) is 15.8. The summed E-state index contributed by atoms with van der Waals surface area (Å²) in [4.78, 5) is 27.0. The lowest BCUT2D eigenvalue weighted by Crippen LogP contribution is -2.36. The van der Waals surface area contributed by atoms with Crippen LogP contribution in [0.5, 0.6) is 0 Å². The van der Waals surface area contributed by atoms with Crippen molar-refractivity contribution in [2.75, 3.05) is 18.1 Å². The molecular formula is C16H22N2O4. The van der Waals surface area contributed by atoms with E-state index in [0.717, 1.165) is 25.7 Å². The highest BCUT2D eigenvalue weighted by atomic mass is 16.6. The van der Waals surface area contributed by atoms with E-state index >= 15 is 0 Å². The Morgan fingerprint density at radius 2 is 2.14 bits per heavy atom. The SMILES string of the molecule is CCOC=O.O=C1OC2(CCCCC2)CN1c1ccccn1. The molecule has 6 heteroatoms. The van der Waals surface area contributed by atoms with Crippen LogP contribution in [0.4, 0.5) is 10.6 Å². The van der Waals surface area contributed by atoms with Gasteiger partial charge in [0.25, 0.3) is 6.47 Å². The second-order valence-electron chi connectivity index (χ2n) is 5.44. The molecule has 1 aromatic rings. The minimum atomic E-state index is -0.245. The van der Waals surface area contributed by atoms with E-state index in [2.05, 4.69) is 9.72 Å². The lowest BCUT2D eigenvalue weighted by Gasteiger charge is -2.30. The van der Waals surface area contributed by atoms with Gasteiger partial charge in [-0.05, 0) is 44.7 Å². The first-order valence-electron chi connectivity index (χ1n) is 7.67. The zero-order valence-corrected chi connectivity index (χ0v) is 12.9. The second-order valence-corrected chi connectivity index (χ2v) is 5.44. The molecule has 1 aliphatic heterocycles. The summed E-state index contributed by atoms with van der Waals surface area (Å²) < 4.78 is 9.76. The number of hydrogen-bond donors (Lipinski definition) is 0. The summed E-state index contributed by atoms with van der Waals surface area (Å²) in [7, 11) is 0. The highest BCUT2D eigenvalue weighted by Crippen LogP contribution is 2.38. The monoisotopic (exact) mass is 306 g/mol. The van der Waals surface area contributed by atoms with Gasteiger partial charge >= 0.3 is 6.09 Å². The van der Waals surface area contributed by atoms with Crippen molar-refractivity contribution in [3.63, 3.8) is 0 Å². The Morgan fingerprint density at radius 3 is 2.68 bits per heavy atom. The summed E-state index contributed by atoms with van der Waals surface area (Å²) in [5.41, 5.74) is -0.243. The highest BCUT2D eigenvalue weighted by molar-refractivity contribution is 5.89. The highest BCUT2D eigenvalue weighted by Gasteiger charge is 2.46. The minimum absolute atomic E-state index is 0.243. The van der Waals surface area contributed by atoms with E-state index in [1.54, 1.807) is 18.0 Å². The first-order chi connectivity index (χ1) is 10.7. The van der Waals surface area contributed by atoms with Crippen LogP contribution >= 0.6 is 0 Å². The van der Waals surface area contributed by atoms with Crippen molar-refractivity contribution in [1.82, 2.24) is 4.98 Å². The Hall–Kier alpha value is -2.11. The summed E-state index contributed by atoms with van der Waals surface area (Å²) in [5, 5.41) is 0. The lowest BCUT2D eigenvalue weighted by molar-refractivity contribution is -0.128. The third-order valence-electron chi connectivity index (χ3n) is 3.90. The predicted molar refractivity (Wildman–Crippen MR) is 81.6 cm³/mol. The van der Waals surface area contributed by atoms with Gasteiger partial charge in [-0.25, -0.2) is 9.78 Å². The van der Waals surface area contributed by atoms with E-state index in [1.807, 2.05) is 18.2 Å². The molecule has 0 unspecified atom stereocenters. The largest absolute Gasteiger partial charge is 0.468 e. The maximum atomic E-state index is 11.9. The first kappa shape index (κ1) is 16.3. The fourth-order valence-electron chi connectivity index (χ4n) is 2.84. The topological polar surface area (TPSA) is 68.7 Å². The quantitative estimate of drug-likeness (QED) is 0.803. The van der Waals surface area contributed by atoms with Crippen LogP contribution in [0.3, 0.4) is 0 Å². The molecule has 1 saturated carbocycles. The van der Waals surface area contributed by atoms with E-state index in [9.17, 15) is 9.59 Å². The number of pyridine rings is 1. The van der Waals surface area contributed by atoms with Crippen molar-refractivity contribution in [1.29, 1.82) is 0 Å². The summed E-state index contributed by atoms with van der Waals surface area (Å²) >= 11 is 0. The molecule has 1 spiro atoms. The maximum absolute atomic E-state index is 11.9. The van der Waals surface area contributed by atoms with E-state index in [1.165, 1.54) is 6.42 Å². The van der Waals surface area contributed by atoms with Crippen LogP contribution in [0.25, 0.3) is 0 Å². The Labute approximate surface area is 130 Å². The van der Waals surface area contributed by atoms with E-state index in [0.29, 0.717) is 25.4 Å². The number of nitrogens with zero attached hydrogens (tertiary/aromatic N) is 2. The molecule has 3 rings (SSSR count). The van der Waals surface area contributed by atoms with Gasteiger partial charge in [0.1, 0.15) is 11.4 Å². The van der Waals surface area contributed by atoms with Gasteiger partial charge in [0, 0.05) is 6.20 Å². The van der Waals surface area contributed by atoms with Crippen molar-refractivity contribution < 1.29 is 19.1 Å².